The molecule has 6 nitrogen and oxygen atoms in total. The number of rotatable bonds is 5. The molecule has 6 heteroatoms. The predicted molar refractivity (Wildman–Crippen MR) is 54.6 cm³/mol. The molecule has 0 saturated carbocycles. The van der Waals surface area contributed by atoms with Gasteiger partial charge in [0.05, 0.1) is 6.54 Å². The van der Waals surface area contributed by atoms with Crippen molar-refractivity contribution < 1.29 is 14.4 Å². The Morgan fingerprint density at radius 1 is 1.27 bits per heavy atom. The van der Waals surface area contributed by atoms with Gasteiger partial charge < -0.3 is 16.4 Å². The molecule has 0 aromatic carbocycles. The number of nitrogens with one attached hydrogen (secondary N) is 2. The summed E-state index contributed by atoms with van der Waals surface area (Å²) in [6.07, 6.45) is 0. The van der Waals surface area contributed by atoms with E-state index in [1.54, 1.807) is 13.8 Å². The van der Waals surface area contributed by atoms with Crippen LogP contribution in [0.15, 0.2) is 0 Å². The van der Waals surface area contributed by atoms with E-state index in [0.717, 1.165) is 0 Å². The Morgan fingerprint density at radius 2 is 1.80 bits per heavy atom. The molecule has 0 aromatic heterocycles. The van der Waals surface area contributed by atoms with E-state index in [9.17, 15) is 14.4 Å². The minimum absolute atomic E-state index is 0.0539. The number of hydrogen-bond donors (Lipinski definition) is 3. The molecule has 0 rings (SSSR count). The summed E-state index contributed by atoms with van der Waals surface area (Å²) in [7, 11) is 0. The van der Waals surface area contributed by atoms with Gasteiger partial charge in [0.15, 0.2) is 0 Å². The smallest absolute Gasteiger partial charge is 0.243 e. The molecule has 0 aliphatic rings. The highest BCUT2D eigenvalue weighted by Crippen LogP contribution is 2.01. The Balaban J connectivity index is 4.29. The maximum atomic E-state index is 11.5. The Labute approximate surface area is 88.6 Å². The van der Waals surface area contributed by atoms with Crippen molar-refractivity contribution in [2.24, 2.45) is 11.7 Å². The Bertz CT molecular complexity index is 263. The molecule has 15 heavy (non-hydrogen) atoms. The number of primary amides is 1. The SMILES string of the molecule is CC(=O)N[C@H](C(=O)NCC(N)=O)C(C)C. The van der Waals surface area contributed by atoms with Gasteiger partial charge >= 0.3 is 0 Å². The molecule has 0 radical (unpaired) electrons. The first-order chi connectivity index (χ1) is 6.84. The molecule has 0 fully saturated rings. The van der Waals surface area contributed by atoms with Gasteiger partial charge in [-0.2, -0.15) is 0 Å². The normalized spacial score (nSPS) is 12.0. The molecular formula is C9H17N3O3. The van der Waals surface area contributed by atoms with Crippen molar-refractivity contribution in [3.05, 3.63) is 0 Å². The van der Waals surface area contributed by atoms with Crippen LogP contribution in [0.4, 0.5) is 0 Å². The third-order valence-corrected chi connectivity index (χ3v) is 1.74. The minimum Gasteiger partial charge on any atom is -0.368 e. The van der Waals surface area contributed by atoms with Gasteiger partial charge in [-0.25, -0.2) is 0 Å². The zero-order valence-corrected chi connectivity index (χ0v) is 9.16. The molecule has 3 amide bonds. The fraction of sp³-hybridized carbons (Fsp3) is 0.667. The second-order valence-electron chi connectivity index (χ2n) is 3.61. The zero-order valence-electron chi connectivity index (χ0n) is 9.16. The highest BCUT2D eigenvalue weighted by molar-refractivity contribution is 5.89. The topological polar surface area (TPSA) is 101 Å². The van der Waals surface area contributed by atoms with E-state index < -0.39 is 17.9 Å². The van der Waals surface area contributed by atoms with Crippen molar-refractivity contribution >= 4 is 17.7 Å². The summed E-state index contributed by atoms with van der Waals surface area (Å²) >= 11 is 0. The minimum atomic E-state index is -0.637. The van der Waals surface area contributed by atoms with E-state index in [2.05, 4.69) is 10.6 Å². The molecular weight excluding hydrogens is 198 g/mol. The lowest BCUT2D eigenvalue weighted by molar-refractivity contribution is -0.130. The maximum Gasteiger partial charge on any atom is 0.243 e. The lowest BCUT2D eigenvalue weighted by atomic mass is 10.0. The van der Waals surface area contributed by atoms with Crippen molar-refractivity contribution in [3.63, 3.8) is 0 Å². The number of nitrogens with two attached hydrogens (primary N) is 1. The van der Waals surface area contributed by atoms with Crippen LogP contribution in [0.25, 0.3) is 0 Å². The Hall–Kier alpha value is -1.59. The van der Waals surface area contributed by atoms with Gasteiger partial charge in [0, 0.05) is 6.92 Å². The molecule has 0 aromatic rings. The fourth-order valence-electron chi connectivity index (χ4n) is 1.04. The quantitative estimate of drug-likeness (QED) is 0.534. The van der Waals surface area contributed by atoms with Crippen LogP contribution in [0.5, 0.6) is 0 Å². The summed E-state index contributed by atoms with van der Waals surface area (Å²) in [5, 5.41) is 4.84. The van der Waals surface area contributed by atoms with Gasteiger partial charge in [-0.05, 0) is 5.92 Å². The summed E-state index contributed by atoms with van der Waals surface area (Å²) in [6.45, 7) is 4.70. The third-order valence-electron chi connectivity index (χ3n) is 1.74. The fourth-order valence-corrected chi connectivity index (χ4v) is 1.04. The van der Waals surface area contributed by atoms with Gasteiger partial charge in [-0.3, -0.25) is 14.4 Å². The molecule has 1 atom stereocenters. The molecule has 0 saturated heterocycles. The highest BCUT2D eigenvalue weighted by Gasteiger charge is 2.22. The van der Waals surface area contributed by atoms with Crippen molar-refractivity contribution in [3.8, 4) is 0 Å². The van der Waals surface area contributed by atoms with Gasteiger partial charge in [0.25, 0.3) is 0 Å². The van der Waals surface area contributed by atoms with Gasteiger partial charge in [0.1, 0.15) is 6.04 Å². The standard InChI is InChI=1S/C9H17N3O3/c1-5(2)8(12-6(3)13)9(15)11-4-7(10)14/h5,8H,4H2,1-3H3,(H2,10,14)(H,11,15)(H,12,13)/t8-/m0/s1. The second-order valence-corrected chi connectivity index (χ2v) is 3.61. The van der Waals surface area contributed by atoms with E-state index in [1.165, 1.54) is 6.92 Å². The van der Waals surface area contributed by atoms with Crippen molar-refractivity contribution in [1.82, 2.24) is 10.6 Å². The zero-order chi connectivity index (χ0) is 12.0. The summed E-state index contributed by atoms with van der Waals surface area (Å²) in [4.78, 5) is 32.7. The molecule has 0 aliphatic heterocycles. The largest absolute Gasteiger partial charge is 0.368 e. The van der Waals surface area contributed by atoms with E-state index in [4.69, 9.17) is 5.73 Å². The summed E-state index contributed by atoms with van der Waals surface area (Å²) in [5.74, 6) is -1.36. The number of carbonyl (C=O) groups is 3. The van der Waals surface area contributed by atoms with Crippen LogP contribution in [0.1, 0.15) is 20.8 Å². The number of carbonyl (C=O) groups excluding carboxylic acids is 3. The highest BCUT2D eigenvalue weighted by atomic mass is 16.2. The summed E-state index contributed by atoms with van der Waals surface area (Å²) < 4.78 is 0. The third kappa shape index (κ3) is 5.66. The van der Waals surface area contributed by atoms with Crippen LogP contribution in [0, 0.1) is 5.92 Å². The first-order valence-electron chi connectivity index (χ1n) is 4.67. The molecule has 0 spiro atoms. The van der Waals surface area contributed by atoms with Crippen LogP contribution in [-0.4, -0.2) is 30.3 Å². The lowest BCUT2D eigenvalue weighted by Gasteiger charge is -2.20. The maximum absolute atomic E-state index is 11.5. The first kappa shape index (κ1) is 13.4. The average molecular weight is 215 g/mol. The first-order valence-corrected chi connectivity index (χ1v) is 4.67. The molecule has 0 bridgehead atoms. The molecule has 0 heterocycles. The van der Waals surface area contributed by atoms with Crippen molar-refractivity contribution in [1.29, 1.82) is 0 Å². The van der Waals surface area contributed by atoms with E-state index in [-0.39, 0.29) is 18.4 Å². The van der Waals surface area contributed by atoms with Gasteiger partial charge in [-0.15, -0.1) is 0 Å². The molecule has 86 valence electrons. The van der Waals surface area contributed by atoms with Gasteiger partial charge in [0.2, 0.25) is 17.7 Å². The number of amides is 3. The molecule has 0 aliphatic carbocycles. The van der Waals surface area contributed by atoms with E-state index in [0.29, 0.717) is 0 Å². The Kier molecular flexibility index (Phi) is 5.36. The van der Waals surface area contributed by atoms with E-state index >= 15 is 0 Å². The van der Waals surface area contributed by atoms with Crippen LogP contribution in [0.2, 0.25) is 0 Å². The van der Waals surface area contributed by atoms with E-state index in [1.807, 2.05) is 0 Å². The molecule has 0 unspecified atom stereocenters. The van der Waals surface area contributed by atoms with Crippen LogP contribution in [-0.2, 0) is 14.4 Å². The summed E-state index contributed by atoms with van der Waals surface area (Å²) in [6, 6.07) is -0.637. The van der Waals surface area contributed by atoms with Crippen molar-refractivity contribution in [2.75, 3.05) is 6.54 Å². The van der Waals surface area contributed by atoms with Crippen molar-refractivity contribution in [2.45, 2.75) is 26.8 Å². The average Bonchev–Trinajstić information content (AvgIpc) is 2.09. The second kappa shape index (κ2) is 6.00. The van der Waals surface area contributed by atoms with Crippen LogP contribution < -0.4 is 16.4 Å². The monoisotopic (exact) mass is 215 g/mol. The van der Waals surface area contributed by atoms with Crippen LogP contribution in [0.3, 0.4) is 0 Å². The van der Waals surface area contributed by atoms with Crippen LogP contribution >= 0.6 is 0 Å². The van der Waals surface area contributed by atoms with Gasteiger partial charge in [-0.1, -0.05) is 13.8 Å². The molecule has 4 N–H and O–H groups in total. The number of hydrogen-bond acceptors (Lipinski definition) is 3. The lowest BCUT2D eigenvalue weighted by Crippen LogP contribution is -2.50. The Morgan fingerprint density at radius 3 is 2.13 bits per heavy atom. The predicted octanol–water partition coefficient (Wildman–Crippen LogP) is -1.25. The summed E-state index contributed by atoms with van der Waals surface area (Å²) in [5.41, 5.74) is 4.88.